The van der Waals surface area contributed by atoms with Crippen molar-refractivity contribution in [1.82, 2.24) is 15.2 Å². The van der Waals surface area contributed by atoms with Gasteiger partial charge in [0.1, 0.15) is 18.1 Å². The maximum absolute atomic E-state index is 13.3. The fourth-order valence-electron chi connectivity index (χ4n) is 3.99. The topological polar surface area (TPSA) is 106 Å². The van der Waals surface area contributed by atoms with E-state index in [2.05, 4.69) is 21.8 Å². The van der Waals surface area contributed by atoms with Crippen LogP contribution in [0.25, 0.3) is 5.76 Å². The summed E-state index contributed by atoms with van der Waals surface area (Å²) in [6.45, 7) is 3.99. The van der Waals surface area contributed by atoms with Crippen molar-refractivity contribution in [3.8, 4) is 5.75 Å². The summed E-state index contributed by atoms with van der Waals surface area (Å²) in [6.07, 6.45) is 4.65. The number of aliphatic hydroxyl groups is 1. The molecule has 4 aromatic rings. The molecule has 1 saturated heterocycles. The Balaban J connectivity index is 1.53. The third kappa shape index (κ3) is 5.22. The molecule has 1 unspecified atom stereocenters. The first kappa shape index (κ1) is 25.4. The molecular weight excluding hydrogens is 520 g/mol. The summed E-state index contributed by atoms with van der Waals surface area (Å²) in [4.78, 5) is 31.9. The molecule has 3 heterocycles. The lowest BCUT2D eigenvalue weighted by Crippen LogP contribution is -2.29. The van der Waals surface area contributed by atoms with Gasteiger partial charge >= 0.3 is 5.91 Å². The van der Waals surface area contributed by atoms with Crippen LogP contribution in [0.3, 0.4) is 0 Å². The summed E-state index contributed by atoms with van der Waals surface area (Å²) in [5.41, 5.74) is 2.09. The third-order valence-corrected chi connectivity index (χ3v) is 7.90. The van der Waals surface area contributed by atoms with E-state index in [9.17, 15) is 14.7 Å². The number of carbonyl (C=O) groups is 2. The molecule has 0 saturated carbocycles. The molecule has 8 nitrogen and oxygen atoms in total. The van der Waals surface area contributed by atoms with E-state index < -0.39 is 17.7 Å². The zero-order chi connectivity index (χ0) is 26.5. The van der Waals surface area contributed by atoms with Crippen molar-refractivity contribution in [3.05, 3.63) is 114 Å². The van der Waals surface area contributed by atoms with Crippen LogP contribution in [0.4, 0.5) is 5.13 Å². The average Bonchev–Trinajstić information content (AvgIpc) is 3.53. The van der Waals surface area contributed by atoms with Crippen molar-refractivity contribution < 1.29 is 19.4 Å². The Morgan fingerprint density at radius 3 is 2.50 bits per heavy atom. The minimum Gasteiger partial charge on any atom is -0.507 e. The first-order valence-electron chi connectivity index (χ1n) is 11.6. The van der Waals surface area contributed by atoms with Gasteiger partial charge in [0.15, 0.2) is 4.34 Å². The fraction of sp³-hybridized carbons (Fsp3) is 0.107. The van der Waals surface area contributed by atoms with Crippen molar-refractivity contribution in [2.45, 2.75) is 16.1 Å². The van der Waals surface area contributed by atoms with Crippen LogP contribution in [0, 0.1) is 0 Å². The van der Waals surface area contributed by atoms with Crippen molar-refractivity contribution in [2.75, 3.05) is 11.5 Å². The number of hydrogen-bond donors (Lipinski definition) is 1. The molecule has 0 aliphatic carbocycles. The van der Waals surface area contributed by atoms with Gasteiger partial charge in [0, 0.05) is 23.7 Å². The molecule has 0 bridgehead atoms. The average molecular weight is 543 g/mol. The molecule has 1 aliphatic heterocycles. The maximum Gasteiger partial charge on any atom is 0.301 e. The van der Waals surface area contributed by atoms with Gasteiger partial charge in [-0.2, -0.15) is 0 Å². The standard InChI is InChI=1S/C28H22N4O4S2/c1-2-16-36-21-10-8-19(9-11-21)23-22(24(33)20-12-14-29-15-13-20)25(34)26(35)32(23)27-30-31-28(38-27)37-17-18-6-4-3-5-7-18/h2-15,23,33H,1,16-17H2/b24-22+. The Morgan fingerprint density at radius 2 is 1.79 bits per heavy atom. The molecule has 190 valence electrons. The number of anilines is 1. The van der Waals surface area contributed by atoms with Crippen molar-refractivity contribution >= 4 is 45.7 Å². The zero-order valence-electron chi connectivity index (χ0n) is 20.1. The summed E-state index contributed by atoms with van der Waals surface area (Å²) >= 11 is 2.72. The lowest BCUT2D eigenvalue weighted by atomic mass is 9.95. The van der Waals surface area contributed by atoms with Crippen LogP contribution in [0.5, 0.6) is 5.75 Å². The zero-order valence-corrected chi connectivity index (χ0v) is 21.7. The Labute approximate surface area is 227 Å². The predicted octanol–water partition coefficient (Wildman–Crippen LogP) is 5.42. The number of rotatable bonds is 9. The van der Waals surface area contributed by atoms with E-state index >= 15 is 0 Å². The second kappa shape index (κ2) is 11.4. The van der Waals surface area contributed by atoms with Crippen LogP contribution in [0.15, 0.2) is 102 Å². The van der Waals surface area contributed by atoms with Crippen LogP contribution in [-0.4, -0.2) is 38.6 Å². The largest absolute Gasteiger partial charge is 0.507 e. The number of aromatic nitrogens is 3. The Morgan fingerprint density at radius 1 is 1.05 bits per heavy atom. The number of carbonyl (C=O) groups excluding carboxylic acids is 2. The van der Waals surface area contributed by atoms with E-state index in [0.717, 1.165) is 5.56 Å². The molecular formula is C28H22N4O4S2. The molecule has 0 spiro atoms. The molecule has 1 atom stereocenters. The first-order valence-corrected chi connectivity index (χ1v) is 13.4. The second-order valence-electron chi connectivity index (χ2n) is 8.20. The number of hydrogen-bond acceptors (Lipinski definition) is 9. The van der Waals surface area contributed by atoms with Crippen LogP contribution < -0.4 is 9.64 Å². The predicted molar refractivity (Wildman–Crippen MR) is 147 cm³/mol. The highest BCUT2D eigenvalue weighted by molar-refractivity contribution is 8.00. The van der Waals surface area contributed by atoms with Gasteiger partial charge in [-0.15, -0.1) is 10.2 Å². The Bertz CT molecular complexity index is 1490. The van der Waals surface area contributed by atoms with E-state index in [-0.39, 0.29) is 16.5 Å². The van der Waals surface area contributed by atoms with E-state index in [0.29, 0.717) is 33.6 Å². The lowest BCUT2D eigenvalue weighted by molar-refractivity contribution is -0.132. The van der Waals surface area contributed by atoms with Crippen LogP contribution >= 0.6 is 23.1 Å². The van der Waals surface area contributed by atoms with Crippen LogP contribution in [-0.2, 0) is 15.3 Å². The highest BCUT2D eigenvalue weighted by Gasteiger charge is 2.48. The molecule has 10 heteroatoms. The molecule has 1 aliphatic rings. The number of pyridine rings is 1. The number of Topliss-reactive ketones (excluding diaryl/α,β-unsaturated/α-hetero) is 1. The molecule has 0 radical (unpaired) electrons. The van der Waals surface area contributed by atoms with Gasteiger partial charge in [-0.3, -0.25) is 19.5 Å². The lowest BCUT2D eigenvalue weighted by Gasteiger charge is -2.22. The fourth-order valence-corrected chi connectivity index (χ4v) is 5.81. The van der Waals surface area contributed by atoms with Crippen LogP contribution in [0.2, 0.25) is 0 Å². The summed E-state index contributed by atoms with van der Waals surface area (Å²) < 4.78 is 6.24. The molecule has 2 aromatic carbocycles. The second-order valence-corrected chi connectivity index (χ2v) is 10.4. The minimum atomic E-state index is -0.906. The highest BCUT2D eigenvalue weighted by atomic mass is 32.2. The summed E-state index contributed by atoms with van der Waals surface area (Å²) in [5, 5.41) is 19.9. The van der Waals surface area contributed by atoms with E-state index in [4.69, 9.17) is 4.74 Å². The minimum absolute atomic E-state index is 0.0327. The highest BCUT2D eigenvalue weighted by Crippen LogP contribution is 2.44. The smallest absolute Gasteiger partial charge is 0.301 e. The van der Waals surface area contributed by atoms with Crippen molar-refractivity contribution in [1.29, 1.82) is 0 Å². The number of ether oxygens (including phenoxy) is 1. The molecule has 1 fully saturated rings. The monoisotopic (exact) mass is 542 g/mol. The van der Waals surface area contributed by atoms with Gasteiger partial charge in [0.05, 0.1) is 11.6 Å². The molecule has 2 aromatic heterocycles. The van der Waals surface area contributed by atoms with Gasteiger partial charge in [-0.1, -0.05) is 78.2 Å². The SMILES string of the molecule is C=CCOc1ccc(C2/C(=C(\O)c3ccncc3)C(=O)C(=O)N2c2nnc(SCc3ccccc3)s2)cc1. The van der Waals surface area contributed by atoms with Crippen molar-refractivity contribution in [2.24, 2.45) is 0 Å². The van der Waals surface area contributed by atoms with Gasteiger partial charge in [0.25, 0.3) is 5.78 Å². The normalized spacial score (nSPS) is 16.5. The molecule has 1 amide bonds. The summed E-state index contributed by atoms with van der Waals surface area (Å²) in [6, 6.07) is 19.2. The third-order valence-electron chi connectivity index (χ3n) is 5.77. The van der Waals surface area contributed by atoms with Gasteiger partial charge in [0.2, 0.25) is 5.13 Å². The molecule has 1 N–H and O–H groups in total. The number of amides is 1. The first-order chi connectivity index (χ1) is 18.6. The molecule has 5 rings (SSSR count). The summed E-state index contributed by atoms with van der Waals surface area (Å²) in [5.74, 6) is -0.576. The number of ketones is 1. The number of thioether (sulfide) groups is 1. The van der Waals surface area contributed by atoms with E-state index in [1.54, 1.807) is 42.5 Å². The Hall–Kier alpha value is -4.28. The summed E-state index contributed by atoms with van der Waals surface area (Å²) in [7, 11) is 0. The number of benzene rings is 2. The van der Waals surface area contributed by atoms with Gasteiger partial charge in [-0.05, 0) is 35.4 Å². The quantitative estimate of drug-likeness (QED) is 0.0747. The number of nitrogens with zero attached hydrogens (tertiary/aromatic N) is 4. The Kier molecular flexibility index (Phi) is 7.62. The van der Waals surface area contributed by atoms with Gasteiger partial charge < -0.3 is 9.84 Å². The van der Waals surface area contributed by atoms with Crippen LogP contribution in [0.1, 0.15) is 22.7 Å². The maximum atomic E-state index is 13.3. The van der Waals surface area contributed by atoms with Gasteiger partial charge in [-0.25, -0.2) is 0 Å². The van der Waals surface area contributed by atoms with Crippen molar-refractivity contribution in [3.63, 3.8) is 0 Å². The van der Waals surface area contributed by atoms with E-state index in [1.807, 2.05) is 30.3 Å². The number of aliphatic hydroxyl groups excluding tert-OH is 1. The molecule has 38 heavy (non-hydrogen) atoms. The van der Waals surface area contributed by atoms with E-state index in [1.165, 1.54) is 40.4 Å².